The molecule has 1 aromatic heterocycles. The van der Waals surface area contributed by atoms with Crippen molar-refractivity contribution < 1.29 is 4.79 Å². The van der Waals surface area contributed by atoms with Crippen molar-refractivity contribution in [1.29, 1.82) is 0 Å². The Balaban J connectivity index is 1.97. The summed E-state index contributed by atoms with van der Waals surface area (Å²) in [6, 6.07) is 10.1. The lowest BCUT2D eigenvalue weighted by Crippen LogP contribution is -2.14. The molecule has 3 rings (SSSR count). The highest BCUT2D eigenvalue weighted by atomic mass is 16.1. The van der Waals surface area contributed by atoms with Gasteiger partial charge in [0.2, 0.25) is 0 Å². The summed E-state index contributed by atoms with van der Waals surface area (Å²) in [5.74, 6) is -0.307. The van der Waals surface area contributed by atoms with Crippen LogP contribution in [0.25, 0.3) is 10.9 Å². The van der Waals surface area contributed by atoms with Crippen LogP contribution in [0, 0.1) is 6.92 Å². The largest absolute Gasteiger partial charge is 0.399 e. The highest BCUT2D eigenvalue weighted by Gasteiger charge is 2.10. The Hall–Kier alpha value is -3.15. The van der Waals surface area contributed by atoms with E-state index in [2.05, 4.69) is 15.3 Å². The van der Waals surface area contributed by atoms with Crippen LogP contribution in [-0.2, 0) is 0 Å². The highest BCUT2D eigenvalue weighted by molar-refractivity contribution is 6.06. The third-order valence-electron chi connectivity index (χ3n) is 3.41. The van der Waals surface area contributed by atoms with Crippen molar-refractivity contribution in [3.63, 3.8) is 0 Å². The lowest BCUT2D eigenvalue weighted by atomic mass is 10.1. The molecule has 0 unspecified atom stereocenters. The first-order chi connectivity index (χ1) is 10.5. The number of hydrogen-bond donors (Lipinski definition) is 3. The molecule has 0 saturated carbocycles. The van der Waals surface area contributed by atoms with E-state index in [1.54, 1.807) is 24.3 Å². The smallest absolute Gasteiger partial charge is 0.258 e. The molecule has 0 fully saturated rings. The Morgan fingerprint density at radius 2 is 2.05 bits per heavy atom. The highest BCUT2D eigenvalue weighted by Crippen LogP contribution is 2.19. The van der Waals surface area contributed by atoms with Gasteiger partial charge in [-0.05, 0) is 42.8 Å². The van der Waals surface area contributed by atoms with Crippen molar-refractivity contribution in [2.24, 2.45) is 0 Å². The first-order valence-corrected chi connectivity index (χ1v) is 6.69. The van der Waals surface area contributed by atoms with Gasteiger partial charge in [0.25, 0.3) is 11.5 Å². The summed E-state index contributed by atoms with van der Waals surface area (Å²) in [6.45, 7) is 1.88. The molecule has 3 aromatic rings. The number of aromatic nitrogens is 2. The number of H-pyrrole nitrogens is 1. The molecule has 0 aliphatic carbocycles. The van der Waals surface area contributed by atoms with Crippen LogP contribution in [0.1, 0.15) is 15.9 Å². The molecule has 1 amide bonds. The standard InChI is InChI=1S/C16H14N4O2/c1-9-2-4-11(17)7-14(9)20-15(21)10-3-5-13-12(6-10)16(22)19-8-18-13/h2-8H,17H2,1H3,(H,20,21)(H,18,19,22). The summed E-state index contributed by atoms with van der Waals surface area (Å²) in [5, 5.41) is 3.17. The Bertz CT molecular complexity index is 931. The minimum absolute atomic E-state index is 0.278. The van der Waals surface area contributed by atoms with Crippen LogP contribution >= 0.6 is 0 Å². The molecule has 6 heteroatoms. The molecule has 6 nitrogen and oxygen atoms in total. The summed E-state index contributed by atoms with van der Waals surface area (Å²) in [4.78, 5) is 30.7. The zero-order valence-electron chi connectivity index (χ0n) is 11.9. The van der Waals surface area contributed by atoms with Gasteiger partial charge in [0.1, 0.15) is 0 Å². The molecule has 1 heterocycles. The number of amides is 1. The Morgan fingerprint density at radius 1 is 1.23 bits per heavy atom. The van der Waals surface area contributed by atoms with Crippen LogP contribution in [0.2, 0.25) is 0 Å². The Labute approximate surface area is 126 Å². The second-order valence-corrected chi connectivity index (χ2v) is 4.99. The first kappa shape index (κ1) is 13.8. The molecule has 110 valence electrons. The van der Waals surface area contributed by atoms with Gasteiger partial charge in [-0.15, -0.1) is 0 Å². The van der Waals surface area contributed by atoms with Gasteiger partial charge < -0.3 is 16.0 Å². The Morgan fingerprint density at radius 3 is 2.86 bits per heavy atom. The third-order valence-corrected chi connectivity index (χ3v) is 3.41. The number of carbonyl (C=O) groups excluding carboxylic acids is 1. The second kappa shape index (κ2) is 5.33. The van der Waals surface area contributed by atoms with Crippen LogP contribution in [0.15, 0.2) is 47.5 Å². The number of anilines is 2. The third kappa shape index (κ3) is 2.54. The van der Waals surface area contributed by atoms with Gasteiger partial charge in [-0.1, -0.05) is 6.07 Å². The molecule has 0 aliphatic heterocycles. The quantitative estimate of drug-likeness (QED) is 0.630. The van der Waals surface area contributed by atoms with Crippen LogP contribution in [0.5, 0.6) is 0 Å². The van der Waals surface area contributed by atoms with Crippen LogP contribution < -0.4 is 16.6 Å². The summed E-state index contributed by atoms with van der Waals surface area (Å²) in [5.41, 5.74) is 8.50. The van der Waals surface area contributed by atoms with Gasteiger partial charge in [-0.25, -0.2) is 4.98 Å². The van der Waals surface area contributed by atoms with Crippen molar-refractivity contribution in [3.8, 4) is 0 Å². The fourth-order valence-corrected chi connectivity index (χ4v) is 2.18. The monoisotopic (exact) mass is 294 g/mol. The maximum atomic E-state index is 12.3. The molecule has 0 atom stereocenters. The molecule has 2 aromatic carbocycles. The molecule has 22 heavy (non-hydrogen) atoms. The Kier molecular flexibility index (Phi) is 3.34. The maximum Gasteiger partial charge on any atom is 0.258 e. The second-order valence-electron chi connectivity index (χ2n) is 4.99. The number of benzene rings is 2. The van der Waals surface area contributed by atoms with Gasteiger partial charge in [-0.2, -0.15) is 0 Å². The van der Waals surface area contributed by atoms with Gasteiger partial charge in [-0.3, -0.25) is 9.59 Å². The normalized spacial score (nSPS) is 10.6. The number of aryl methyl sites for hydroxylation is 1. The van der Waals surface area contributed by atoms with Crippen LogP contribution in [-0.4, -0.2) is 15.9 Å². The SMILES string of the molecule is Cc1ccc(N)cc1NC(=O)c1ccc2nc[nH]c(=O)c2c1. The zero-order chi connectivity index (χ0) is 15.7. The van der Waals surface area contributed by atoms with E-state index in [1.807, 2.05) is 13.0 Å². The predicted molar refractivity (Wildman–Crippen MR) is 85.9 cm³/mol. The van der Waals surface area contributed by atoms with Gasteiger partial charge >= 0.3 is 0 Å². The lowest BCUT2D eigenvalue weighted by Gasteiger charge is -2.09. The number of carbonyl (C=O) groups is 1. The molecule has 0 radical (unpaired) electrons. The molecular formula is C16H14N4O2. The van der Waals surface area contributed by atoms with Gasteiger partial charge in [0.15, 0.2) is 0 Å². The minimum Gasteiger partial charge on any atom is -0.399 e. The average molecular weight is 294 g/mol. The number of nitrogens with one attached hydrogen (secondary N) is 2. The van der Waals surface area contributed by atoms with Crippen LogP contribution in [0.3, 0.4) is 0 Å². The van der Waals surface area contributed by atoms with Crippen molar-refractivity contribution >= 4 is 28.2 Å². The number of nitrogen functional groups attached to an aromatic ring is 1. The molecular weight excluding hydrogens is 280 g/mol. The summed E-state index contributed by atoms with van der Waals surface area (Å²) in [6.07, 6.45) is 1.33. The van der Waals surface area contributed by atoms with E-state index in [1.165, 1.54) is 12.4 Å². The topological polar surface area (TPSA) is 101 Å². The predicted octanol–water partition coefficient (Wildman–Crippen LogP) is 2.07. The average Bonchev–Trinajstić information content (AvgIpc) is 2.51. The van der Waals surface area contributed by atoms with Crippen LogP contribution in [0.4, 0.5) is 11.4 Å². The molecule has 0 bridgehead atoms. The first-order valence-electron chi connectivity index (χ1n) is 6.69. The van der Waals surface area contributed by atoms with E-state index in [-0.39, 0.29) is 11.5 Å². The van der Waals surface area contributed by atoms with E-state index < -0.39 is 0 Å². The zero-order valence-corrected chi connectivity index (χ0v) is 11.9. The fourth-order valence-electron chi connectivity index (χ4n) is 2.18. The van der Waals surface area contributed by atoms with E-state index >= 15 is 0 Å². The molecule has 0 spiro atoms. The number of rotatable bonds is 2. The van der Waals surface area contributed by atoms with E-state index in [9.17, 15) is 9.59 Å². The number of hydrogen-bond acceptors (Lipinski definition) is 4. The van der Waals surface area contributed by atoms with Crippen molar-refractivity contribution in [2.45, 2.75) is 6.92 Å². The van der Waals surface area contributed by atoms with E-state index in [0.717, 1.165) is 5.56 Å². The van der Waals surface area contributed by atoms with Gasteiger partial charge in [0, 0.05) is 16.9 Å². The van der Waals surface area contributed by atoms with E-state index in [0.29, 0.717) is 27.8 Å². The van der Waals surface area contributed by atoms with Crippen molar-refractivity contribution in [2.75, 3.05) is 11.1 Å². The number of nitrogens with two attached hydrogens (primary N) is 1. The lowest BCUT2D eigenvalue weighted by molar-refractivity contribution is 0.102. The van der Waals surface area contributed by atoms with Gasteiger partial charge in [0.05, 0.1) is 17.2 Å². The van der Waals surface area contributed by atoms with E-state index in [4.69, 9.17) is 5.73 Å². The number of nitrogens with zero attached hydrogens (tertiary/aromatic N) is 1. The summed E-state index contributed by atoms with van der Waals surface area (Å²) in [7, 11) is 0. The molecule has 0 aliphatic rings. The number of fused-ring (bicyclic) bond motifs is 1. The number of aromatic amines is 1. The fraction of sp³-hybridized carbons (Fsp3) is 0.0625. The summed E-state index contributed by atoms with van der Waals surface area (Å²) < 4.78 is 0. The van der Waals surface area contributed by atoms with Crippen molar-refractivity contribution in [3.05, 3.63) is 64.2 Å². The maximum absolute atomic E-state index is 12.3. The summed E-state index contributed by atoms with van der Waals surface area (Å²) >= 11 is 0. The minimum atomic E-state index is -0.307. The molecule has 0 saturated heterocycles. The van der Waals surface area contributed by atoms with Crippen molar-refractivity contribution in [1.82, 2.24) is 9.97 Å². The molecule has 4 N–H and O–H groups in total.